The lowest BCUT2D eigenvalue weighted by molar-refractivity contribution is -0.113. The molecule has 5 aromatic rings. The Morgan fingerprint density at radius 2 is 2.00 bits per heavy atom. The van der Waals surface area contributed by atoms with Crippen LogP contribution >= 0.6 is 23.2 Å². The smallest absolute Gasteiger partial charge is 0.353 e. The number of nitrogens with zero attached hydrogens (tertiary/aromatic N) is 2. The molecule has 1 aliphatic carbocycles. The summed E-state index contributed by atoms with van der Waals surface area (Å²) in [5, 5.41) is 11.7. The average Bonchev–Trinajstić information content (AvgIpc) is 3.38. The number of carboxylic acids is 1. The second-order valence-electron chi connectivity index (χ2n) is 8.42. The molecule has 0 fully saturated rings. The molecule has 3 aromatic heterocycles. The van der Waals surface area contributed by atoms with Gasteiger partial charge < -0.3 is 14.1 Å². The van der Waals surface area contributed by atoms with Crippen molar-refractivity contribution in [3.05, 3.63) is 93.7 Å². The molecule has 1 N–H and O–H groups in total. The molecule has 0 saturated heterocycles. The van der Waals surface area contributed by atoms with Crippen LogP contribution in [-0.4, -0.2) is 26.4 Å². The molecule has 3 heterocycles. The normalized spacial score (nSPS) is 13.8. The van der Waals surface area contributed by atoms with Crippen LogP contribution in [0.3, 0.4) is 0 Å². The van der Waals surface area contributed by atoms with E-state index in [2.05, 4.69) is 4.98 Å². The minimum Gasteiger partial charge on any atom is -0.477 e. The quantitative estimate of drug-likeness (QED) is 0.257. The summed E-state index contributed by atoms with van der Waals surface area (Å²) in [6.45, 7) is -0.0362. The SMILES string of the molecule is O=C1CC=CC=C1c1c(C(=O)O)n(Cc2cc3ccccc3nc2Cl)c2cc(F)c3c(Cl)coc3c12. The fraction of sp³-hybridized carbons (Fsp3) is 0.0741. The van der Waals surface area contributed by atoms with E-state index in [1.165, 1.54) is 16.9 Å². The van der Waals surface area contributed by atoms with Crippen molar-refractivity contribution in [2.45, 2.75) is 13.0 Å². The summed E-state index contributed by atoms with van der Waals surface area (Å²) < 4.78 is 22.3. The predicted octanol–water partition coefficient (Wildman–Crippen LogP) is 7.04. The van der Waals surface area contributed by atoms with Crippen molar-refractivity contribution in [2.24, 2.45) is 0 Å². The number of para-hydroxylation sites is 1. The summed E-state index contributed by atoms with van der Waals surface area (Å²) in [6, 6.07) is 10.4. The number of ketones is 1. The third kappa shape index (κ3) is 3.35. The molecule has 9 heteroatoms. The first-order valence-electron chi connectivity index (χ1n) is 10.9. The van der Waals surface area contributed by atoms with Crippen molar-refractivity contribution in [3.63, 3.8) is 0 Å². The van der Waals surface area contributed by atoms with Crippen LogP contribution < -0.4 is 0 Å². The number of carbonyl (C=O) groups excluding carboxylic acids is 1. The number of allylic oxidation sites excluding steroid dienone is 4. The lowest BCUT2D eigenvalue weighted by atomic mass is 9.93. The fourth-order valence-corrected chi connectivity index (χ4v) is 5.21. The maximum absolute atomic E-state index is 15.2. The van der Waals surface area contributed by atoms with Crippen LogP contribution in [0, 0.1) is 5.82 Å². The minimum atomic E-state index is -1.29. The number of hydrogen-bond acceptors (Lipinski definition) is 4. The molecular weight excluding hydrogens is 506 g/mol. The zero-order chi connectivity index (χ0) is 25.1. The monoisotopic (exact) mass is 520 g/mol. The molecule has 0 spiro atoms. The standard InChI is InChI=1S/C27H15Cl2FN2O4/c28-16-12-36-25-22(16)17(30)10-19-23(25)21(15-6-2-4-8-20(15)33)24(27(34)35)32(19)11-14-9-13-5-1-3-7-18(13)31-26(14)29/h1-7,9-10,12H,8,11H2,(H,34,35). The second kappa shape index (κ2) is 8.33. The van der Waals surface area contributed by atoms with Crippen molar-refractivity contribution in [3.8, 4) is 0 Å². The van der Waals surface area contributed by atoms with Gasteiger partial charge in [0.1, 0.15) is 28.5 Å². The fourth-order valence-electron chi connectivity index (χ4n) is 4.78. The number of fused-ring (bicyclic) bond motifs is 4. The first-order valence-corrected chi connectivity index (χ1v) is 11.7. The number of hydrogen-bond donors (Lipinski definition) is 1. The maximum Gasteiger partial charge on any atom is 0.353 e. The third-order valence-electron chi connectivity index (χ3n) is 6.33. The van der Waals surface area contributed by atoms with E-state index in [1.807, 2.05) is 30.3 Å². The number of aromatic carboxylic acids is 1. The van der Waals surface area contributed by atoms with Crippen molar-refractivity contribution in [2.75, 3.05) is 0 Å². The molecule has 0 saturated carbocycles. The van der Waals surface area contributed by atoms with Gasteiger partial charge in [-0.25, -0.2) is 14.2 Å². The van der Waals surface area contributed by atoms with Crippen LogP contribution in [0.2, 0.25) is 10.2 Å². The molecule has 178 valence electrons. The highest BCUT2D eigenvalue weighted by atomic mass is 35.5. The number of carbonyl (C=O) groups is 2. The van der Waals surface area contributed by atoms with Gasteiger partial charge in [0.25, 0.3) is 0 Å². The van der Waals surface area contributed by atoms with Gasteiger partial charge in [-0.3, -0.25) is 4.79 Å². The Morgan fingerprint density at radius 1 is 1.19 bits per heavy atom. The summed E-state index contributed by atoms with van der Waals surface area (Å²) >= 11 is 12.7. The highest BCUT2D eigenvalue weighted by molar-refractivity contribution is 6.37. The van der Waals surface area contributed by atoms with Gasteiger partial charge in [-0.1, -0.05) is 59.6 Å². The number of carboxylic acid groups (broad SMARTS) is 1. The molecule has 0 aliphatic heterocycles. The Labute approximate surface area is 212 Å². The van der Waals surface area contributed by atoms with Crippen molar-refractivity contribution in [1.29, 1.82) is 0 Å². The van der Waals surface area contributed by atoms with Gasteiger partial charge in [-0.15, -0.1) is 0 Å². The summed E-state index contributed by atoms with van der Waals surface area (Å²) in [5.74, 6) is -2.23. The van der Waals surface area contributed by atoms with Crippen LogP contribution in [0.4, 0.5) is 4.39 Å². The van der Waals surface area contributed by atoms with E-state index >= 15 is 4.39 Å². The van der Waals surface area contributed by atoms with Crippen LogP contribution in [-0.2, 0) is 11.3 Å². The van der Waals surface area contributed by atoms with Crippen LogP contribution in [0.25, 0.3) is 38.3 Å². The lowest BCUT2D eigenvalue weighted by Crippen LogP contribution is -2.14. The largest absolute Gasteiger partial charge is 0.477 e. The number of Topliss-reactive ketones (excluding diaryl/α,β-unsaturated/α-hetero) is 1. The number of aromatic nitrogens is 2. The van der Waals surface area contributed by atoms with Crippen LogP contribution in [0.5, 0.6) is 0 Å². The summed E-state index contributed by atoms with van der Waals surface area (Å²) in [7, 11) is 0. The highest BCUT2D eigenvalue weighted by Crippen LogP contribution is 2.42. The summed E-state index contributed by atoms with van der Waals surface area (Å²) in [4.78, 5) is 30.0. The molecular formula is C27H15Cl2FN2O4. The van der Waals surface area contributed by atoms with E-state index in [4.69, 9.17) is 27.6 Å². The number of rotatable bonds is 4. The Kier molecular flexibility index (Phi) is 5.21. The molecule has 0 bridgehead atoms. The van der Waals surface area contributed by atoms with Crippen molar-refractivity contribution >= 4 is 73.3 Å². The van der Waals surface area contributed by atoms with Crippen LogP contribution in [0.1, 0.15) is 28.0 Å². The van der Waals surface area contributed by atoms with E-state index < -0.39 is 11.8 Å². The van der Waals surface area contributed by atoms with Gasteiger partial charge in [0.05, 0.1) is 33.4 Å². The first kappa shape index (κ1) is 22.5. The Hall–Kier alpha value is -3.94. The Balaban J connectivity index is 1.72. The van der Waals surface area contributed by atoms with E-state index in [-0.39, 0.29) is 67.6 Å². The van der Waals surface area contributed by atoms with E-state index in [0.717, 1.165) is 5.39 Å². The summed E-state index contributed by atoms with van der Waals surface area (Å²) in [6.07, 6.45) is 6.23. The highest BCUT2D eigenvalue weighted by Gasteiger charge is 2.31. The van der Waals surface area contributed by atoms with E-state index in [1.54, 1.807) is 18.2 Å². The molecule has 2 aromatic carbocycles. The Morgan fingerprint density at radius 3 is 2.78 bits per heavy atom. The van der Waals surface area contributed by atoms with Gasteiger partial charge in [0.2, 0.25) is 0 Å². The number of pyridine rings is 1. The topological polar surface area (TPSA) is 85.3 Å². The van der Waals surface area contributed by atoms with Gasteiger partial charge in [-0.05, 0) is 18.2 Å². The van der Waals surface area contributed by atoms with Crippen LogP contribution in [0.15, 0.2) is 65.3 Å². The first-order chi connectivity index (χ1) is 17.3. The maximum atomic E-state index is 15.2. The third-order valence-corrected chi connectivity index (χ3v) is 6.94. The average molecular weight is 521 g/mol. The molecule has 36 heavy (non-hydrogen) atoms. The number of benzene rings is 2. The number of furan rings is 1. The number of halogens is 3. The van der Waals surface area contributed by atoms with Crippen molar-refractivity contribution < 1.29 is 23.5 Å². The van der Waals surface area contributed by atoms with Gasteiger partial charge in [0.15, 0.2) is 5.78 Å². The molecule has 6 rings (SSSR count). The summed E-state index contributed by atoms with van der Waals surface area (Å²) in [5.41, 5.74) is 1.66. The molecule has 0 amide bonds. The van der Waals surface area contributed by atoms with Crippen molar-refractivity contribution in [1.82, 2.24) is 9.55 Å². The zero-order valence-corrected chi connectivity index (χ0v) is 19.9. The molecule has 0 atom stereocenters. The molecule has 0 radical (unpaired) electrons. The Bertz CT molecular complexity index is 1830. The minimum absolute atomic E-state index is 0.0179. The lowest BCUT2D eigenvalue weighted by Gasteiger charge is -2.12. The van der Waals surface area contributed by atoms with Gasteiger partial charge in [0, 0.05) is 28.5 Å². The zero-order valence-electron chi connectivity index (χ0n) is 18.4. The van der Waals surface area contributed by atoms with E-state index in [0.29, 0.717) is 11.1 Å². The van der Waals surface area contributed by atoms with Gasteiger partial charge in [-0.2, -0.15) is 0 Å². The molecule has 6 nitrogen and oxygen atoms in total. The van der Waals surface area contributed by atoms with Gasteiger partial charge >= 0.3 is 5.97 Å². The molecule has 0 unspecified atom stereocenters. The second-order valence-corrected chi connectivity index (χ2v) is 9.19. The predicted molar refractivity (Wildman–Crippen MR) is 136 cm³/mol. The molecule has 1 aliphatic rings. The van der Waals surface area contributed by atoms with E-state index in [9.17, 15) is 14.7 Å².